The van der Waals surface area contributed by atoms with Crippen LogP contribution < -0.4 is 0 Å². The number of aryl methyl sites for hydroxylation is 2. The Morgan fingerprint density at radius 3 is 1.45 bits per heavy atom. The van der Waals surface area contributed by atoms with Gasteiger partial charge in [-0.1, -0.05) is 48.5 Å². The lowest BCUT2D eigenvalue weighted by molar-refractivity contribution is 0.799. The van der Waals surface area contributed by atoms with Crippen molar-refractivity contribution in [3.63, 3.8) is 0 Å². The summed E-state index contributed by atoms with van der Waals surface area (Å²) in [5, 5.41) is 0. The van der Waals surface area contributed by atoms with E-state index in [-0.39, 0.29) is 0 Å². The first-order valence-corrected chi connectivity index (χ1v) is 7.82. The molecular weight excluding hydrogens is 240 g/mol. The zero-order valence-electron chi connectivity index (χ0n) is 11.9. The number of hydrogen-bond donors (Lipinski definition) is 0. The van der Waals surface area contributed by atoms with Crippen molar-refractivity contribution in [3.8, 4) is 0 Å². The Balaban J connectivity index is 1.93. The second kappa shape index (κ2) is 4.94. The van der Waals surface area contributed by atoms with E-state index in [0.29, 0.717) is 0 Å². The average molecular weight is 260 g/mol. The van der Waals surface area contributed by atoms with Crippen LogP contribution in [0.3, 0.4) is 0 Å². The van der Waals surface area contributed by atoms with E-state index in [1.165, 1.54) is 49.7 Å². The molecule has 2 aromatic carbocycles. The molecule has 0 nitrogen and oxygen atoms in total. The standard InChI is InChI=1S/C20H20/c1-3-11-17-15(7-1)9-5-13-19(17)20-14-6-10-16-8-2-4-12-18(16)20/h1-4,7-8,11-12H,5-6,9-10,13-14H2/b20-19+. The molecule has 0 bridgehead atoms. The van der Waals surface area contributed by atoms with Crippen LogP contribution in [0.15, 0.2) is 48.5 Å². The van der Waals surface area contributed by atoms with Gasteiger partial charge in [-0.2, -0.15) is 0 Å². The maximum Gasteiger partial charge on any atom is -0.0189 e. The van der Waals surface area contributed by atoms with Crippen LogP contribution in [-0.4, -0.2) is 0 Å². The topological polar surface area (TPSA) is 0 Å². The maximum absolute atomic E-state index is 2.33. The Bertz CT molecular complexity index is 616. The number of allylic oxidation sites excluding steroid dienone is 2. The van der Waals surface area contributed by atoms with Gasteiger partial charge >= 0.3 is 0 Å². The van der Waals surface area contributed by atoms with Gasteiger partial charge in [0.2, 0.25) is 0 Å². The lowest BCUT2D eigenvalue weighted by atomic mass is 9.78. The van der Waals surface area contributed by atoms with Gasteiger partial charge in [-0.25, -0.2) is 0 Å². The normalized spacial score (nSPS) is 21.2. The molecule has 0 fully saturated rings. The average Bonchev–Trinajstić information content (AvgIpc) is 2.54. The predicted octanol–water partition coefficient (Wildman–Crippen LogP) is 5.27. The van der Waals surface area contributed by atoms with E-state index in [9.17, 15) is 0 Å². The van der Waals surface area contributed by atoms with E-state index >= 15 is 0 Å². The Labute approximate surface area is 121 Å². The van der Waals surface area contributed by atoms with Gasteiger partial charge < -0.3 is 0 Å². The van der Waals surface area contributed by atoms with Crippen LogP contribution in [0.25, 0.3) is 11.1 Å². The largest absolute Gasteiger partial charge is 0.0620 e. The van der Waals surface area contributed by atoms with Gasteiger partial charge in [-0.3, -0.25) is 0 Å². The zero-order chi connectivity index (χ0) is 13.4. The zero-order valence-corrected chi connectivity index (χ0v) is 11.9. The molecule has 100 valence electrons. The summed E-state index contributed by atoms with van der Waals surface area (Å²) in [5.41, 5.74) is 9.38. The fourth-order valence-electron chi connectivity index (χ4n) is 3.87. The van der Waals surface area contributed by atoms with Gasteiger partial charge in [-0.05, 0) is 71.9 Å². The molecule has 0 atom stereocenters. The highest BCUT2D eigenvalue weighted by Crippen LogP contribution is 2.41. The van der Waals surface area contributed by atoms with Crippen molar-refractivity contribution >= 4 is 11.1 Å². The molecule has 0 amide bonds. The first-order chi connectivity index (χ1) is 9.93. The predicted molar refractivity (Wildman–Crippen MR) is 85.6 cm³/mol. The van der Waals surface area contributed by atoms with Gasteiger partial charge in [0.05, 0.1) is 0 Å². The van der Waals surface area contributed by atoms with E-state index in [0.717, 1.165) is 0 Å². The quantitative estimate of drug-likeness (QED) is 0.605. The molecule has 0 spiro atoms. The van der Waals surface area contributed by atoms with Crippen molar-refractivity contribution in [2.75, 3.05) is 0 Å². The van der Waals surface area contributed by atoms with Crippen molar-refractivity contribution in [1.29, 1.82) is 0 Å². The van der Waals surface area contributed by atoms with Crippen molar-refractivity contribution in [1.82, 2.24) is 0 Å². The van der Waals surface area contributed by atoms with Crippen molar-refractivity contribution < 1.29 is 0 Å². The molecule has 4 rings (SSSR count). The molecule has 20 heavy (non-hydrogen) atoms. The van der Waals surface area contributed by atoms with E-state index in [2.05, 4.69) is 48.5 Å². The van der Waals surface area contributed by atoms with Crippen LogP contribution in [0, 0.1) is 0 Å². The molecule has 0 saturated heterocycles. The lowest BCUT2D eigenvalue weighted by Crippen LogP contribution is -2.08. The summed E-state index contributed by atoms with van der Waals surface area (Å²) in [5.74, 6) is 0. The summed E-state index contributed by atoms with van der Waals surface area (Å²) in [7, 11) is 0. The monoisotopic (exact) mass is 260 g/mol. The number of benzene rings is 2. The fourth-order valence-corrected chi connectivity index (χ4v) is 3.87. The van der Waals surface area contributed by atoms with Crippen LogP contribution in [-0.2, 0) is 12.8 Å². The van der Waals surface area contributed by atoms with Gasteiger partial charge in [0, 0.05) is 0 Å². The smallest absolute Gasteiger partial charge is 0.0189 e. The minimum Gasteiger partial charge on any atom is -0.0620 e. The highest BCUT2D eigenvalue weighted by molar-refractivity contribution is 5.93. The highest BCUT2D eigenvalue weighted by atomic mass is 14.3. The number of fused-ring (bicyclic) bond motifs is 2. The minimum atomic E-state index is 1.24. The summed E-state index contributed by atoms with van der Waals surface area (Å²) in [6.07, 6.45) is 7.60. The SMILES string of the molecule is c1ccc2c(c1)CCC/C2=C1/CCCc2ccccc21. The molecule has 2 aromatic rings. The molecule has 0 radical (unpaired) electrons. The van der Waals surface area contributed by atoms with Crippen LogP contribution in [0.1, 0.15) is 47.9 Å². The summed E-state index contributed by atoms with van der Waals surface area (Å²) < 4.78 is 0. The molecular formula is C20H20. The van der Waals surface area contributed by atoms with Crippen LogP contribution in [0.2, 0.25) is 0 Å². The molecule has 2 aliphatic carbocycles. The summed E-state index contributed by atoms with van der Waals surface area (Å²) in [4.78, 5) is 0. The fraction of sp³-hybridized carbons (Fsp3) is 0.300. The number of hydrogen-bond acceptors (Lipinski definition) is 0. The van der Waals surface area contributed by atoms with Gasteiger partial charge in [0.15, 0.2) is 0 Å². The van der Waals surface area contributed by atoms with Crippen LogP contribution in [0.5, 0.6) is 0 Å². The van der Waals surface area contributed by atoms with Crippen molar-refractivity contribution in [3.05, 3.63) is 70.8 Å². The Kier molecular flexibility index (Phi) is 2.95. The second-order valence-corrected chi connectivity index (χ2v) is 5.98. The van der Waals surface area contributed by atoms with Crippen molar-refractivity contribution in [2.24, 2.45) is 0 Å². The molecule has 0 N–H and O–H groups in total. The van der Waals surface area contributed by atoms with Crippen LogP contribution in [0.4, 0.5) is 0 Å². The molecule has 0 aromatic heterocycles. The Morgan fingerprint density at radius 1 is 0.500 bits per heavy atom. The van der Waals surface area contributed by atoms with Crippen LogP contribution >= 0.6 is 0 Å². The Hall–Kier alpha value is -1.82. The summed E-state index contributed by atoms with van der Waals surface area (Å²) >= 11 is 0. The van der Waals surface area contributed by atoms with Gasteiger partial charge in [0.1, 0.15) is 0 Å². The molecule has 0 unspecified atom stereocenters. The van der Waals surface area contributed by atoms with E-state index in [1.807, 2.05) is 0 Å². The highest BCUT2D eigenvalue weighted by Gasteiger charge is 2.21. The van der Waals surface area contributed by atoms with Gasteiger partial charge in [0.25, 0.3) is 0 Å². The number of rotatable bonds is 0. The molecule has 0 heterocycles. The molecule has 0 saturated carbocycles. The van der Waals surface area contributed by atoms with Crippen molar-refractivity contribution in [2.45, 2.75) is 38.5 Å². The van der Waals surface area contributed by atoms with E-state index in [1.54, 1.807) is 22.3 Å². The second-order valence-electron chi connectivity index (χ2n) is 5.98. The molecule has 2 aliphatic rings. The summed E-state index contributed by atoms with van der Waals surface area (Å²) in [6.45, 7) is 0. The minimum absolute atomic E-state index is 1.24. The van der Waals surface area contributed by atoms with E-state index in [4.69, 9.17) is 0 Å². The third kappa shape index (κ3) is 1.91. The summed E-state index contributed by atoms with van der Waals surface area (Å²) in [6, 6.07) is 18.0. The molecule has 0 aliphatic heterocycles. The van der Waals surface area contributed by atoms with E-state index < -0.39 is 0 Å². The molecule has 0 heteroatoms. The third-order valence-corrected chi connectivity index (χ3v) is 4.80. The first-order valence-electron chi connectivity index (χ1n) is 7.82. The first kappa shape index (κ1) is 12.0. The Morgan fingerprint density at radius 2 is 0.950 bits per heavy atom. The third-order valence-electron chi connectivity index (χ3n) is 4.80. The maximum atomic E-state index is 2.33. The van der Waals surface area contributed by atoms with Gasteiger partial charge in [-0.15, -0.1) is 0 Å². The lowest BCUT2D eigenvalue weighted by Gasteiger charge is -2.27.